The predicted octanol–water partition coefficient (Wildman–Crippen LogP) is -1.03. The lowest BCUT2D eigenvalue weighted by molar-refractivity contribution is -0.142. The smallest absolute Gasteiger partial charge is 0.326 e. The highest BCUT2D eigenvalue weighted by Gasteiger charge is 2.30. The molecule has 0 aliphatic rings. The van der Waals surface area contributed by atoms with Crippen LogP contribution in [0.15, 0.2) is 24.3 Å². The number of aromatic hydroxyl groups is 1. The molecular formula is C24H39N5O7. The number of aliphatic hydroxyl groups excluding tert-OH is 1. The lowest BCUT2D eigenvalue weighted by atomic mass is 10.0. The van der Waals surface area contributed by atoms with Crippen LogP contribution in [-0.4, -0.2) is 76.3 Å². The summed E-state index contributed by atoms with van der Waals surface area (Å²) in [5, 5.41) is 35.8. The van der Waals surface area contributed by atoms with Crippen LogP contribution in [-0.2, 0) is 25.6 Å². The van der Waals surface area contributed by atoms with E-state index in [1.54, 1.807) is 12.1 Å². The number of nitrogens with one attached hydrogen (secondary N) is 3. The molecule has 0 aliphatic heterocycles. The minimum Gasteiger partial charge on any atom is -0.508 e. The Balaban J connectivity index is 2.99. The number of amides is 3. The fourth-order valence-electron chi connectivity index (χ4n) is 3.44. The molecule has 36 heavy (non-hydrogen) atoms. The fourth-order valence-corrected chi connectivity index (χ4v) is 3.44. The summed E-state index contributed by atoms with van der Waals surface area (Å²) in [6.45, 7) is 3.49. The first-order chi connectivity index (χ1) is 17.0. The van der Waals surface area contributed by atoms with Crippen molar-refractivity contribution in [3.63, 3.8) is 0 Å². The first kappa shape index (κ1) is 30.8. The van der Waals surface area contributed by atoms with Gasteiger partial charge in [-0.05, 0) is 55.8 Å². The van der Waals surface area contributed by atoms with Gasteiger partial charge >= 0.3 is 5.97 Å². The number of carbonyl (C=O) groups is 4. The van der Waals surface area contributed by atoms with E-state index >= 15 is 0 Å². The van der Waals surface area contributed by atoms with Gasteiger partial charge in [-0.3, -0.25) is 14.4 Å². The molecule has 0 aromatic heterocycles. The summed E-state index contributed by atoms with van der Waals surface area (Å²) in [4.78, 5) is 50.1. The van der Waals surface area contributed by atoms with Crippen LogP contribution in [0.3, 0.4) is 0 Å². The zero-order valence-electron chi connectivity index (χ0n) is 20.8. The first-order valence-corrected chi connectivity index (χ1v) is 12.0. The number of carbonyl (C=O) groups excluding carboxylic acids is 3. The number of nitrogens with two attached hydrogens (primary N) is 2. The maximum Gasteiger partial charge on any atom is 0.326 e. The third-order valence-electron chi connectivity index (χ3n) is 5.44. The first-order valence-electron chi connectivity index (χ1n) is 12.0. The van der Waals surface area contributed by atoms with Crippen molar-refractivity contribution < 1.29 is 34.5 Å². The second kappa shape index (κ2) is 15.7. The summed E-state index contributed by atoms with van der Waals surface area (Å²) >= 11 is 0. The van der Waals surface area contributed by atoms with Crippen molar-refractivity contribution in [2.24, 2.45) is 17.4 Å². The van der Waals surface area contributed by atoms with Gasteiger partial charge in [-0.1, -0.05) is 26.0 Å². The van der Waals surface area contributed by atoms with E-state index in [4.69, 9.17) is 16.6 Å². The van der Waals surface area contributed by atoms with Crippen molar-refractivity contribution in [3.05, 3.63) is 29.8 Å². The van der Waals surface area contributed by atoms with Crippen molar-refractivity contribution >= 4 is 23.7 Å². The molecule has 1 aromatic carbocycles. The number of carboxylic acid groups (broad SMARTS) is 1. The van der Waals surface area contributed by atoms with Crippen LogP contribution in [0.25, 0.3) is 0 Å². The molecule has 0 fully saturated rings. The molecule has 0 saturated carbocycles. The van der Waals surface area contributed by atoms with Crippen molar-refractivity contribution in [3.8, 4) is 5.75 Å². The number of phenolic OH excluding ortho intramolecular Hbond substituents is 1. The molecule has 0 bridgehead atoms. The average Bonchev–Trinajstić information content (AvgIpc) is 2.82. The molecule has 0 saturated heterocycles. The normalized spacial score (nSPS) is 14.4. The zero-order valence-corrected chi connectivity index (χ0v) is 20.8. The van der Waals surface area contributed by atoms with Gasteiger partial charge in [-0.2, -0.15) is 0 Å². The van der Waals surface area contributed by atoms with Crippen LogP contribution >= 0.6 is 0 Å². The van der Waals surface area contributed by atoms with E-state index in [1.165, 1.54) is 12.1 Å². The highest BCUT2D eigenvalue weighted by atomic mass is 16.4. The van der Waals surface area contributed by atoms with Crippen molar-refractivity contribution in [1.82, 2.24) is 16.0 Å². The Bertz CT molecular complexity index is 863. The SMILES string of the molecule is CC(C)CC(NC(=O)C(CCCCN)NC(=O)C(N)CO)C(=O)NC(Cc1ccc(O)cc1)C(=O)O. The van der Waals surface area contributed by atoms with Gasteiger partial charge in [0.05, 0.1) is 6.61 Å². The molecule has 1 rings (SSSR count). The van der Waals surface area contributed by atoms with Crippen LogP contribution < -0.4 is 27.4 Å². The van der Waals surface area contributed by atoms with Gasteiger partial charge in [0.1, 0.15) is 29.9 Å². The number of phenols is 1. The second-order valence-corrected chi connectivity index (χ2v) is 9.10. The van der Waals surface area contributed by atoms with Crippen molar-refractivity contribution in [2.45, 2.75) is 70.1 Å². The Kier molecular flexibility index (Phi) is 13.4. The average molecular weight is 510 g/mol. The largest absolute Gasteiger partial charge is 0.508 e. The number of unbranched alkanes of at least 4 members (excludes halogenated alkanes) is 1. The van der Waals surface area contributed by atoms with Gasteiger partial charge in [0.2, 0.25) is 17.7 Å². The predicted molar refractivity (Wildman–Crippen MR) is 133 cm³/mol. The van der Waals surface area contributed by atoms with E-state index in [-0.39, 0.29) is 30.9 Å². The van der Waals surface area contributed by atoms with E-state index in [0.717, 1.165) is 0 Å². The van der Waals surface area contributed by atoms with E-state index in [0.29, 0.717) is 24.9 Å². The number of aliphatic hydroxyl groups is 1. The fraction of sp³-hybridized carbons (Fsp3) is 0.583. The molecular weight excluding hydrogens is 470 g/mol. The molecule has 1 aromatic rings. The molecule has 12 nitrogen and oxygen atoms in total. The molecule has 202 valence electrons. The third-order valence-corrected chi connectivity index (χ3v) is 5.44. The molecule has 4 unspecified atom stereocenters. The highest BCUT2D eigenvalue weighted by molar-refractivity contribution is 5.94. The number of aliphatic carboxylic acids is 1. The van der Waals surface area contributed by atoms with Gasteiger partial charge in [-0.15, -0.1) is 0 Å². The molecule has 0 spiro atoms. The van der Waals surface area contributed by atoms with Gasteiger partial charge in [0, 0.05) is 6.42 Å². The summed E-state index contributed by atoms with van der Waals surface area (Å²) < 4.78 is 0. The molecule has 12 heteroatoms. The molecule has 0 heterocycles. The van der Waals surface area contributed by atoms with Gasteiger partial charge < -0.3 is 42.7 Å². The molecule has 0 aliphatic carbocycles. The maximum atomic E-state index is 13.0. The molecule has 0 radical (unpaired) electrons. The summed E-state index contributed by atoms with van der Waals surface area (Å²) in [6.07, 6.45) is 1.57. The Morgan fingerprint density at radius 1 is 0.889 bits per heavy atom. The lowest BCUT2D eigenvalue weighted by Gasteiger charge is -2.26. The van der Waals surface area contributed by atoms with Crippen LogP contribution in [0.4, 0.5) is 0 Å². The zero-order chi connectivity index (χ0) is 27.3. The summed E-state index contributed by atoms with van der Waals surface area (Å²) in [7, 11) is 0. The highest BCUT2D eigenvalue weighted by Crippen LogP contribution is 2.13. The second-order valence-electron chi connectivity index (χ2n) is 9.10. The Labute approximate surface area is 210 Å². The molecule has 3 amide bonds. The summed E-state index contributed by atoms with van der Waals surface area (Å²) in [6, 6.07) is 1.39. The van der Waals surface area contributed by atoms with Crippen LogP contribution in [0, 0.1) is 5.92 Å². The topological polar surface area (TPSA) is 217 Å². The molecule has 10 N–H and O–H groups in total. The number of rotatable bonds is 16. The number of carboxylic acids is 1. The van der Waals surface area contributed by atoms with E-state index in [1.807, 2.05) is 13.8 Å². The number of benzene rings is 1. The van der Waals surface area contributed by atoms with Crippen LogP contribution in [0.2, 0.25) is 0 Å². The van der Waals surface area contributed by atoms with Crippen LogP contribution in [0.5, 0.6) is 5.75 Å². The standard InChI is InChI=1S/C24H39N5O7/c1-14(2)11-19(23(34)29-20(24(35)36)12-15-6-8-16(31)9-7-15)28-22(33)18(5-3-4-10-25)27-21(32)17(26)13-30/h6-9,14,17-20,30-31H,3-5,10-13,25-26H2,1-2H3,(H,27,32)(H,28,33)(H,29,34)(H,35,36). The Morgan fingerprint density at radius 3 is 1.97 bits per heavy atom. The van der Waals surface area contributed by atoms with Gasteiger partial charge in [0.25, 0.3) is 0 Å². The summed E-state index contributed by atoms with van der Waals surface area (Å²) in [5.41, 5.74) is 11.6. The third kappa shape index (κ3) is 11.0. The summed E-state index contributed by atoms with van der Waals surface area (Å²) in [5.74, 6) is -3.26. The lowest BCUT2D eigenvalue weighted by Crippen LogP contribution is -2.57. The van der Waals surface area contributed by atoms with Crippen molar-refractivity contribution in [1.29, 1.82) is 0 Å². The molecule has 4 atom stereocenters. The van der Waals surface area contributed by atoms with E-state index < -0.39 is 54.5 Å². The van der Waals surface area contributed by atoms with Crippen LogP contribution in [0.1, 0.15) is 45.1 Å². The van der Waals surface area contributed by atoms with E-state index in [2.05, 4.69) is 16.0 Å². The Hall–Kier alpha value is -3.22. The maximum absolute atomic E-state index is 13.0. The number of hydrogen-bond donors (Lipinski definition) is 8. The minimum atomic E-state index is -1.27. The van der Waals surface area contributed by atoms with E-state index in [9.17, 15) is 29.4 Å². The minimum absolute atomic E-state index is 0.0190. The number of hydrogen-bond acceptors (Lipinski definition) is 8. The van der Waals surface area contributed by atoms with Gasteiger partial charge in [0.15, 0.2) is 0 Å². The Morgan fingerprint density at radius 2 is 1.44 bits per heavy atom. The van der Waals surface area contributed by atoms with Crippen molar-refractivity contribution in [2.75, 3.05) is 13.2 Å². The van der Waals surface area contributed by atoms with Gasteiger partial charge in [-0.25, -0.2) is 4.79 Å². The quantitative estimate of drug-likeness (QED) is 0.128. The monoisotopic (exact) mass is 509 g/mol.